The molecule has 1 aliphatic rings. The highest BCUT2D eigenvalue weighted by Crippen LogP contribution is 2.32. The minimum absolute atomic E-state index is 0.0498. The second kappa shape index (κ2) is 9.98. The monoisotopic (exact) mass is 502 g/mol. The minimum atomic E-state index is -0.576. The number of ether oxygens (including phenoxy) is 2. The van der Waals surface area contributed by atoms with Crippen molar-refractivity contribution in [3.05, 3.63) is 71.9 Å². The summed E-state index contributed by atoms with van der Waals surface area (Å²) in [5, 5.41) is 13.0. The molecule has 0 spiro atoms. The number of nitrogens with zero attached hydrogens (tertiary/aromatic N) is 3. The molecule has 9 nitrogen and oxygen atoms in total. The Balaban J connectivity index is 1.39. The van der Waals surface area contributed by atoms with Gasteiger partial charge in [0.1, 0.15) is 5.82 Å². The van der Waals surface area contributed by atoms with E-state index in [9.17, 15) is 9.18 Å². The largest absolute Gasteiger partial charge is 0.481 e. The summed E-state index contributed by atoms with van der Waals surface area (Å²) in [5.74, 6) is 0.0447. The lowest BCUT2D eigenvalue weighted by molar-refractivity contribution is -0.124. The zero-order valence-electron chi connectivity index (χ0n) is 20.8. The van der Waals surface area contributed by atoms with Crippen molar-refractivity contribution in [3.8, 4) is 28.3 Å². The summed E-state index contributed by atoms with van der Waals surface area (Å²) in [6.07, 6.45) is 3.60. The van der Waals surface area contributed by atoms with Gasteiger partial charge in [-0.05, 0) is 56.7 Å². The van der Waals surface area contributed by atoms with Gasteiger partial charge in [-0.1, -0.05) is 12.1 Å². The Kier molecular flexibility index (Phi) is 6.58. The lowest BCUT2D eigenvalue weighted by atomic mass is 10.1. The number of carbonyl (C=O) groups excluding carboxylic acids is 1. The Morgan fingerprint density at radius 3 is 2.59 bits per heavy atom. The predicted molar refractivity (Wildman–Crippen MR) is 137 cm³/mol. The number of H-pyrrole nitrogens is 1. The van der Waals surface area contributed by atoms with Crippen LogP contribution in [-0.4, -0.2) is 38.2 Å². The summed E-state index contributed by atoms with van der Waals surface area (Å²) in [5.41, 5.74) is 4.66. The molecule has 1 amide bonds. The molecule has 0 unspecified atom stereocenters. The second-order valence-electron chi connectivity index (χ2n) is 9.74. The summed E-state index contributed by atoms with van der Waals surface area (Å²) >= 11 is 0. The summed E-state index contributed by atoms with van der Waals surface area (Å²) in [4.78, 5) is 21.5. The van der Waals surface area contributed by atoms with Crippen molar-refractivity contribution in [2.45, 2.75) is 39.5 Å². The van der Waals surface area contributed by atoms with Gasteiger partial charge in [-0.3, -0.25) is 9.89 Å². The second-order valence-corrected chi connectivity index (χ2v) is 9.74. The molecule has 190 valence electrons. The van der Waals surface area contributed by atoms with Gasteiger partial charge in [-0.25, -0.2) is 14.4 Å². The van der Waals surface area contributed by atoms with Crippen molar-refractivity contribution in [1.82, 2.24) is 25.5 Å². The first-order chi connectivity index (χ1) is 17.7. The maximum Gasteiger partial charge on any atom is 0.258 e. The van der Waals surface area contributed by atoms with Gasteiger partial charge in [0.2, 0.25) is 0 Å². The normalized spacial score (nSPS) is 12.8. The number of benzene rings is 2. The molecule has 2 aromatic heterocycles. The third-order valence-electron chi connectivity index (χ3n) is 5.62. The van der Waals surface area contributed by atoms with Crippen LogP contribution in [0.15, 0.2) is 54.9 Å². The smallest absolute Gasteiger partial charge is 0.258 e. The van der Waals surface area contributed by atoms with Crippen molar-refractivity contribution < 1.29 is 18.7 Å². The third kappa shape index (κ3) is 5.75. The van der Waals surface area contributed by atoms with E-state index in [-0.39, 0.29) is 18.3 Å². The Hall–Kier alpha value is -4.31. The molecule has 10 heteroatoms. The number of anilines is 2. The molecule has 0 saturated heterocycles. The molecule has 2 aromatic carbocycles. The Morgan fingerprint density at radius 2 is 1.86 bits per heavy atom. The van der Waals surface area contributed by atoms with Crippen LogP contribution in [0, 0.1) is 5.82 Å². The standard InChI is InChI=1S/C27H27FN6O3/c1-27(2,3)34-24(35)15-37-23-10-17(6-9-21(23)28)25-32-22-14-36-13-20(22)26(33-25)31-19-7-4-16(5-8-19)18-11-29-30-12-18/h4-12H,13-15H2,1-3H3,(H,29,30)(H,34,35)(H,31,32,33). The van der Waals surface area contributed by atoms with Crippen LogP contribution < -0.4 is 15.4 Å². The third-order valence-corrected chi connectivity index (χ3v) is 5.62. The fourth-order valence-corrected chi connectivity index (χ4v) is 3.93. The molecule has 1 aliphatic heterocycles. The summed E-state index contributed by atoms with van der Waals surface area (Å²) in [6.45, 7) is 6.03. The van der Waals surface area contributed by atoms with Crippen LogP contribution in [0.1, 0.15) is 32.0 Å². The number of fused-ring (bicyclic) bond motifs is 1. The minimum Gasteiger partial charge on any atom is -0.481 e. The number of nitrogens with one attached hydrogen (secondary N) is 3. The Morgan fingerprint density at radius 1 is 1.08 bits per heavy atom. The molecule has 0 radical (unpaired) electrons. The maximum atomic E-state index is 14.5. The first-order valence-corrected chi connectivity index (χ1v) is 11.8. The van der Waals surface area contributed by atoms with Crippen LogP contribution in [0.2, 0.25) is 0 Å². The fourth-order valence-electron chi connectivity index (χ4n) is 3.93. The van der Waals surface area contributed by atoms with E-state index in [4.69, 9.17) is 14.5 Å². The van der Waals surface area contributed by atoms with E-state index in [1.807, 2.05) is 51.2 Å². The highest BCUT2D eigenvalue weighted by molar-refractivity contribution is 5.78. The van der Waals surface area contributed by atoms with Crippen LogP contribution in [0.5, 0.6) is 5.75 Å². The highest BCUT2D eigenvalue weighted by Gasteiger charge is 2.22. The van der Waals surface area contributed by atoms with Crippen LogP contribution in [0.3, 0.4) is 0 Å². The van der Waals surface area contributed by atoms with E-state index in [1.165, 1.54) is 12.1 Å². The van der Waals surface area contributed by atoms with E-state index in [1.54, 1.807) is 12.3 Å². The Bertz CT molecular complexity index is 1420. The SMILES string of the molecule is CC(C)(C)NC(=O)COc1cc(-c2nc3c(c(Nc4ccc(-c5cn[nH]c5)cc4)n2)COC3)ccc1F. The summed E-state index contributed by atoms with van der Waals surface area (Å²) in [6, 6.07) is 12.3. The molecule has 3 heterocycles. The zero-order valence-corrected chi connectivity index (χ0v) is 20.8. The zero-order chi connectivity index (χ0) is 26.0. The maximum absolute atomic E-state index is 14.5. The highest BCUT2D eigenvalue weighted by atomic mass is 19.1. The molecule has 0 saturated carbocycles. The van der Waals surface area contributed by atoms with E-state index in [0.29, 0.717) is 30.4 Å². The molecule has 5 rings (SSSR count). The van der Waals surface area contributed by atoms with Crippen molar-refractivity contribution in [2.75, 3.05) is 11.9 Å². The topological polar surface area (TPSA) is 114 Å². The van der Waals surface area contributed by atoms with E-state index < -0.39 is 11.4 Å². The molecule has 3 N–H and O–H groups in total. The van der Waals surface area contributed by atoms with Crippen LogP contribution in [0.4, 0.5) is 15.9 Å². The van der Waals surface area contributed by atoms with E-state index in [0.717, 1.165) is 28.1 Å². The number of carbonyl (C=O) groups is 1. The van der Waals surface area contributed by atoms with Crippen molar-refractivity contribution >= 4 is 17.4 Å². The number of amides is 1. The van der Waals surface area contributed by atoms with Gasteiger partial charge in [0, 0.05) is 34.1 Å². The number of aromatic nitrogens is 4. The average molecular weight is 503 g/mol. The quantitative estimate of drug-likeness (QED) is 0.334. The van der Waals surface area contributed by atoms with Crippen molar-refractivity contribution in [2.24, 2.45) is 0 Å². The average Bonchev–Trinajstić information content (AvgIpc) is 3.55. The molecule has 0 aliphatic carbocycles. The first-order valence-electron chi connectivity index (χ1n) is 11.8. The first kappa shape index (κ1) is 24.4. The molecule has 0 atom stereocenters. The number of hydrogen-bond donors (Lipinski definition) is 3. The van der Waals surface area contributed by atoms with Gasteiger partial charge < -0.3 is 20.1 Å². The van der Waals surface area contributed by atoms with Crippen LogP contribution in [-0.2, 0) is 22.7 Å². The summed E-state index contributed by atoms with van der Waals surface area (Å²) in [7, 11) is 0. The van der Waals surface area contributed by atoms with E-state index >= 15 is 0 Å². The van der Waals surface area contributed by atoms with Crippen molar-refractivity contribution in [3.63, 3.8) is 0 Å². The van der Waals surface area contributed by atoms with E-state index in [2.05, 4.69) is 25.8 Å². The Labute approximate surface area is 213 Å². The molecule has 0 fully saturated rings. The van der Waals surface area contributed by atoms with Gasteiger partial charge in [0.05, 0.1) is 25.1 Å². The van der Waals surface area contributed by atoms with Crippen LogP contribution >= 0.6 is 0 Å². The molecule has 37 heavy (non-hydrogen) atoms. The van der Waals surface area contributed by atoms with Gasteiger partial charge in [-0.15, -0.1) is 0 Å². The summed E-state index contributed by atoms with van der Waals surface area (Å²) < 4.78 is 25.6. The number of rotatable bonds is 7. The fraction of sp³-hybridized carbons (Fsp3) is 0.259. The lowest BCUT2D eigenvalue weighted by Crippen LogP contribution is -2.43. The number of halogens is 1. The number of aromatic amines is 1. The van der Waals surface area contributed by atoms with Gasteiger partial charge in [0.25, 0.3) is 5.91 Å². The molecular formula is C27H27FN6O3. The van der Waals surface area contributed by atoms with Gasteiger partial charge >= 0.3 is 0 Å². The molecule has 0 bridgehead atoms. The number of hydrogen-bond acceptors (Lipinski definition) is 7. The van der Waals surface area contributed by atoms with Crippen LogP contribution in [0.25, 0.3) is 22.5 Å². The molecule has 4 aromatic rings. The van der Waals surface area contributed by atoms with Crippen molar-refractivity contribution in [1.29, 1.82) is 0 Å². The lowest BCUT2D eigenvalue weighted by Gasteiger charge is -2.20. The molecular weight excluding hydrogens is 475 g/mol. The van der Waals surface area contributed by atoms with Gasteiger partial charge in [0.15, 0.2) is 24.0 Å². The van der Waals surface area contributed by atoms with Gasteiger partial charge in [-0.2, -0.15) is 5.10 Å². The predicted octanol–water partition coefficient (Wildman–Crippen LogP) is 4.74.